The Morgan fingerprint density at radius 3 is 3.00 bits per heavy atom. The van der Waals surface area contributed by atoms with Gasteiger partial charge in [0.05, 0.1) is 12.2 Å². The van der Waals surface area contributed by atoms with Crippen LogP contribution in [0.4, 0.5) is 0 Å². The molecule has 0 aromatic carbocycles. The fourth-order valence-electron chi connectivity index (χ4n) is 2.86. The molecule has 17 heavy (non-hydrogen) atoms. The van der Waals surface area contributed by atoms with E-state index >= 15 is 0 Å². The van der Waals surface area contributed by atoms with Crippen molar-refractivity contribution in [2.24, 2.45) is 0 Å². The zero-order valence-electron chi connectivity index (χ0n) is 11.1. The van der Waals surface area contributed by atoms with Gasteiger partial charge in [-0.15, -0.1) is 0 Å². The minimum atomic E-state index is 0.243. The van der Waals surface area contributed by atoms with Crippen molar-refractivity contribution >= 4 is 0 Å². The summed E-state index contributed by atoms with van der Waals surface area (Å²) in [7, 11) is 1.78. The number of rotatable bonds is 7. The van der Waals surface area contributed by atoms with Gasteiger partial charge in [0.15, 0.2) is 0 Å². The smallest absolute Gasteiger partial charge is 0.0986 e. The minimum Gasteiger partial charge on any atom is -0.377 e. The molecular weight excluding hydrogens is 214 g/mol. The number of allylic oxidation sites excluding steroid dienone is 1. The first-order valence-electron chi connectivity index (χ1n) is 6.90. The second-order valence-corrected chi connectivity index (χ2v) is 5.00. The Hall–Kier alpha value is -0.380. The first-order chi connectivity index (χ1) is 8.35. The standard InChI is InChI=1S/C14H25NO2/c1-3-17-13-10-12(14(13)16-2)15-9-8-11-6-4-5-7-11/h6,12-15H,3-5,7-10H2,1-2H3. The highest BCUT2D eigenvalue weighted by molar-refractivity contribution is 5.08. The van der Waals surface area contributed by atoms with Crippen LogP contribution >= 0.6 is 0 Å². The van der Waals surface area contributed by atoms with Crippen LogP contribution in [0.5, 0.6) is 0 Å². The third kappa shape index (κ3) is 3.30. The summed E-state index contributed by atoms with van der Waals surface area (Å²) in [6.45, 7) is 3.90. The van der Waals surface area contributed by atoms with Gasteiger partial charge >= 0.3 is 0 Å². The highest BCUT2D eigenvalue weighted by atomic mass is 16.5. The molecule has 2 aliphatic carbocycles. The second kappa shape index (κ2) is 6.53. The van der Waals surface area contributed by atoms with Crippen LogP contribution in [0.3, 0.4) is 0 Å². The van der Waals surface area contributed by atoms with E-state index in [1.54, 1.807) is 12.7 Å². The van der Waals surface area contributed by atoms with E-state index in [0.29, 0.717) is 12.1 Å². The average Bonchev–Trinajstić information content (AvgIpc) is 2.80. The van der Waals surface area contributed by atoms with Crippen LogP contribution in [0.15, 0.2) is 11.6 Å². The molecule has 0 saturated heterocycles. The first-order valence-corrected chi connectivity index (χ1v) is 6.90. The number of methoxy groups -OCH3 is 1. The van der Waals surface area contributed by atoms with Crippen molar-refractivity contribution in [3.63, 3.8) is 0 Å². The zero-order valence-corrected chi connectivity index (χ0v) is 11.1. The van der Waals surface area contributed by atoms with Gasteiger partial charge in [0, 0.05) is 19.8 Å². The lowest BCUT2D eigenvalue weighted by molar-refractivity contribution is -0.131. The Morgan fingerprint density at radius 2 is 2.35 bits per heavy atom. The number of hydrogen-bond donors (Lipinski definition) is 1. The average molecular weight is 239 g/mol. The van der Waals surface area contributed by atoms with E-state index in [0.717, 1.165) is 19.6 Å². The van der Waals surface area contributed by atoms with Crippen LogP contribution in [0.1, 0.15) is 39.0 Å². The maximum Gasteiger partial charge on any atom is 0.0986 e. The molecule has 0 bridgehead atoms. The molecule has 1 saturated carbocycles. The van der Waals surface area contributed by atoms with E-state index in [-0.39, 0.29) is 6.10 Å². The molecule has 0 aromatic rings. The summed E-state index contributed by atoms with van der Waals surface area (Å²) in [5, 5.41) is 3.59. The number of hydrogen-bond acceptors (Lipinski definition) is 3. The molecule has 0 radical (unpaired) electrons. The lowest BCUT2D eigenvalue weighted by Gasteiger charge is -2.43. The number of nitrogens with one attached hydrogen (secondary N) is 1. The maximum absolute atomic E-state index is 5.61. The third-order valence-electron chi connectivity index (χ3n) is 3.89. The van der Waals surface area contributed by atoms with Gasteiger partial charge in [-0.25, -0.2) is 0 Å². The lowest BCUT2D eigenvalue weighted by Crippen LogP contribution is -2.59. The Bertz CT molecular complexity index is 265. The van der Waals surface area contributed by atoms with Crippen LogP contribution in [0.25, 0.3) is 0 Å². The molecule has 0 amide bonds. The molecule has 3 nitrogen and oxygen atoms in total. The quantitative estimate of drug-likeness (QED) is 0.691. The van der Waals surface area contributed by atoms with E-state index < -0.39 is 0 Å². The molecule has 0 spiro atoms. The summed E-state index contributed by atoms with van der Waals surface area (Å²) in [4.78, 5) is 0. The first kappa shape index (κ1) is 13.1. The van der Waals surface area contributed by atoms with Crippen molar-refractivity contribution in [2.45, 2.75) is 57.3 Å². The van der Waals surface area contributed by atoms with E-state index in [9.17, 15) is 0 Å². The molecule has 3 heteroatoms. The maximum atomic E-state index is 5.61. The predicted molar refractivity (Wildman–Crippen MR) is 69.2 cm³/mol. The van der Waals surface area contributed by atoms with Crippen LogP contribution in [0, 0.1) is 0 Å². The highest BCUT2D eigenvalue weighted by Crippen LogP contribution is 2.27. The Morgan fingerprint density at radius 1 is 1.47 bits per heavy atom. The van der Waals surface area contributed by atoms with Gasteiger partial charge < -0.3 is 14.8 Å². The highest BCUT2D eigenvalue weighted by Gasteiger charge is 2.41. The van der Waals surface area contributed by atoms with E-state index in [1.165, 1.54) is 25.7 Å². The summed E-state index contributed by atoms with van der Waals surface area (Å²) in [5.41, 5.74) is 1.63. The molecule has 98 valence electrons. The molecule has 2 rings (SSSR count). The largest absolute Gasteiger partial charge is 0.377 e. The second-order valence-electron chi connectivity index (χ2n) is 5.00. The van der Waals surface area contributed by atoms with E-state index in [4.69, 9.17) is 9.47 Å². The van der Waals surface area contributed by atoms with Gasteiger partial charge in [0.1, 0.15) is 0 Å². The van der Waals surface area contributed by atoms with Crippen molar-refractivity contribution in [1.82, 2.24) is 5.32 Å². The van der Waals surface area contributed by atoms with Gasteiger partial charge in [-0.05, 0) is 45.6 Å². The Labute approximate surface area is 105 Å². The van der Waals surface area contributed by atoms with Gasteiger partial charge in [-0.1, -0.05) is 11.6 Å². The normalized spacial score (nSPS) is 32.4. The van der Waals surface area contributed by atoms with Gasteiger partial charge in [0.2, 0.25) is 0 Å². The van der Waals surface area contributed by atoms with Crippen molar-refractivity contribution in [1.29, 1.82) is 0 Å². The molecule has 0 heterocycles. The Balaban J connectivity index is 1.63. The van der Waals surface area contributed by atoms with Crippen molar-refractivity contribution in [2.75, 3.05) is 20.3 Å². The SMILES string of the molecule is CCOC1CC(NCCC2=CCCC2)C1OC. The summed E-state index contributed by atoms with van der Waals surface area (Å²) in [6, 6.07) is 0.485. The summed E-state index contributed by atoms with van der Waals surface area (Å²) >= 11 is 0. The molecule has 1 N–H and O–H groups in total. The van der Waals surface area contributed by atoms with Gasteiger partial charge in [-0.3, -0.25) is 0 Å². The van der Waals surface area contributed by atoms with Crippen LogP contribution < -0.4 is 5.32 Å². The van der Waals surface area contributed by atoms with E-state index in [2.05, 4.69) is 11.4 Å². The van der Waals surface area contributed by atoms with Gasteiger partial charge in [-0.2, -0.15) is 0 Å². The monoisotopic (exact) mass is 239 g/mol. The van der Waals surface area contributed by atoms with Crippen molar-refractivity contribution < 1.29 is 9.47 Å². The summed E-state index contributed by atoms with van der Waals surface area (Å²) in [5.74, 6) is 0. The zero-order chi connectivity index (χ0) is 12.1. The molecule has 0 aliphatic heterocycles. The fourth-order valence-corrected chi connectivity index (χ4v) is 2.86. The van der Waals surface area contributed by atoms with Crippen LogP contribution in [-0.4, -0.2) is 38.5 Å². The van der Waals surface area contributed by atoms with Crippen LogP contribution in [0.2, 0.25) is 0 Å². The molecule has 3 atom stereocenters. The topological polar surface area (TPSA) is 30.5 Å². The molecule has 1 fully saturated rings. The van der Waals surface area contributed by atoms with Crippen LogP contribution in [-0.2, 0) is 9.47 Å². The van der Waals surface area contributed by atoms with Crippen molar-refractivity contribution in [3.05, 3.63) is 11.6 Å². The summed E-state index contributed by atoms with van der Waals surface area (Å²) in [6.07, 6.45) is 9.18. The third-order valence-corrected chi connectivity index (χ3v) is 3.89. The predicted octanol–water partition coefficient (Wildman–Crippen LogP) is 2.27. The molecule has 3 unspecified atom stereocenters. The van der Waals surface area contributed by atoms with E-state index in [1.807, 2.05) is 6.92 Å². The summed E-state index contributed by atoms with van der Waals surface area (Å²) < 4.78 is 11.1. The molecule has 0 aromatic heterocycles. The fraction of sp³-hybridized carbons (Fsp3) is 0.857. The lowest BCUT2D eigenvalue weighted by atomic mass is 9.85. The van der Waals surface area contributed by atoms with Crippen molar-refractivity contribution in [3.8, 4) is 0 Å². The van der Waals surface area contributed by atoms with Gasteiger partial charge in [0.25, 0.3) is 0 Å². The Kier molecular flexibility index (Phi) is 5.01. The molecular formula is C14H25NO2. The molecule has 2 aliphatic rings. The minimum absolute atomic E-state index is 0.243. The number of ether oxygens (including phenoxy) is 2.